The number of anilines is 1. The van der Waals surface area contributed by atoms with Crippen LogP contribution in [0.5, 0.6) is 0 Å². The van der Waals surface area contributed by atoms with Crippen LogP contribution in [-0.2, 0) is 19.7 Å². The number of rotatable bonds is 0. The van der Waals surface area contributed by atoms with Crippen LogP contribution >= 0.6 is 0 Å². The van der Waals surface area contributed by atoms with E-state index < -0.39 is 11.3 Å². The fourth-order valence-corrected chi connectivity index (χ4v) is 4.59. The minimum atomic E-state index is -1.49. The smallest absolute Gasteiger partial charge is 0.244 e. The molecule has 132 valence electrons. The molecule has 6 nitrogen and oxygen atoms in total. The molecule has 0 saturated heterocycles. The number of ketones is 1. The van der Waals surface area contributed by atoms with Gasteiger partial charge in [-0.05, 0) is 17.0 Å². The SMILES string of the molecule is CN1C(=O)[C@@]2(C3=C(CC(C)(C)CC3=O)OC(=N)C2C#N)c2ccccc21. The Morgan fingerprint density at radius 2 is 1.96 bits per heavy atom. The Morgan fingerprint density at radius 3 is 2.65 bits per heavy atom. The van der Waals surface area contributed by atoms with Gasteiger partial charge in [0.05, 0.1) is 11.6 Å². The number of allylic oxidation sites excluding steroid dienone is 1. The Kier molecular flexibility index (Phi) is 3.20. The van der Waals surface area contributed by atoms with Crippen molar-refractivity contribution in [1.29, 1.82) is 10.7 Å². The Bertz CT molecular complexity index is 953. The van der Waals surface area contributed by atoms with Gasteiger partial charge in [-0.1, -0.05) is 32.0 Å². The zero-order valence-electron chi connectivity index (χ0n) is 14.9. The molecule has 1 amide bonds. The first-order valence-electron chi connectivity index (χ1n) is 8.54. The summed E-state index contributed by atoms with van der Waals surface area (Å²) in [5, 5.41) is 18.1. The molecule has 4 rings (SSSR count). The van der Waals surface area contributed by atoms with Crippen molar-refractivity contribution < 1.29 is 14.3 Å². The van der Waals surface area contributed by atoms with Gasteiger partial charge in [0.2, 0.25) is 11.8 Å². The van der Waals surface area contributed by atoms with Gasteiger partial charge in [0.15, 0.2) is 5.78 Å². The van der Waals surface area contributed by atoms with Gasteiger partial charge in [0, 0.05) is 25.6 Å². The van der Waals surface area contributed by atoms with E-state index in [0.717, 1.165) is 0 Å². The molecule has 2 atom stereocenters. The fourth-order valence-electron chi connectivity index (χ4n) is 4.59. The van der Waals surface area contributed by atoms with Gasteiger partial charge in [-0.15, -0.1) is 0 Å². The first-order chi connectivity index (χ1) is 12.2. The fraction of sp³-hybridized carbons (Fsp3) is 0.400. The number of likely N-dealkylation sites (N-methyl/N-ethyl adjacent to an activating group) is 1. The number of nitrogens with one attached hydrogen (secondary N) is 1. The highest BCUT2D eigenvalue weighted by molar-refractivity contribution is 6.20. The van der Waals surface area contributed by atoms with Crippen molar-refractivity contribution in [3.63, 3.8) is 0 Å². The normalized spacial score (nSPS) is 29.4. The lowest BCUT2D eigenvalue weighted by molar-refractivity contribution is -0.127. The van der Waals surface area contributed by atoms with Crippen LogP contribution in [-0.4, -0.2) is 24.6 Å². The highest BCUT2D eigenvalue weighted by atomic mass is 16.5. The number of amides is 1. The third-order valence-corrected chi connectivity index (χ3v) is 5.62. The topological polar surface area (TPSA) is 94.2 Å². The largest absolute Gasteiger partial charge is 0.446 e. The monoisotopic (exact) mass is 349 g/mol. The summed E-state index contributed by atoms with van der Waals surface area (Å²) in [7, 11) is 1.64. The highest BCUT2D eigenvalue weighted by Crippen LogP contribution is 2.56. The van der Waals surface area contributed by atoms with E-state index in [1.165, 1.54) is 4.90 Å². The molecule has 1 N–H and O–H groups in total. The lowest BCUT2D eigenvalue weighted by atomic mass is 9.59. The summed E-state index contributed by atoms with van der Waals surface area (Å²) in [6.45, 7) is 3.92. The van der Waals surface area contributed by atoms with Crippen LogP contribution in [0, 0.1) is 28.1 Å². The van der Waals surface area contributed by atoms with Crippen molar-refractivity contribution in [2.45, 2.75) is 32.1 Å². The van der Waals surface area contributed by atoms with E-state index in [-0.39, 0.29) is 35.0 Å². The lowest BCUT2D eigenvalue weighted by Gasteiger charge is -2.43. The molecule has 1 spiro atoms. The van der Waals surface area contributed by atoms with Gasteiger partial charge >= 0.3 is 0 Å². The summed E-state index contributed by atoms with van der Waals surface area (Å²) >= 11 is 0. The molecule has 6 heteroatoms. The van der Waals surface area contributed by atoms with Gasteiger partial charge in [-0.3, -0.25) is 15.0 Å². The number of nitriles is 1. The van der Waals surface area contributed by atoms with Crippen molar-refractivity contribution in [2.75, 3.05) is 11.9 Å². The van der Waals surface area contributed by atoms with E-state index in [1.807, 2.05) is 19.9 Å². The number of nitrogens with zero attached hydrogens (tertiary/aromatic N) is 2. The lowest BCUT2D eigenvalue weighted by Crippen LogP contribution is -2.55. The molecule has 1 aromatic carbocycles. The van der Waals surface area contributed by atoms with Crippen molar-refractivity contribution in [1.82, 2.24) is 0 Å². The summed E-state index contributed by atoms with van der Waals surface area (Å²) in [4.78, 5) is 28.1. The number of benzene rings is 1. The highest BCUT2D eigenvalue weighted by Gasteiger charge is 2.65. The van der Waals surface area contributed by atoms with Gasteiger partial charge in [0.25, 0.3) is 0 Å². The zero-order chi connectivity index (χ0) is 18.9. The van der Waals surface area contributed by atoms with Gasteiger partial charge in [-0.2, -0.15) is 5.26 Å². The predicted molar refractivity (Wildman–Crippen MR) is 94.5 cm³/mol. The summed E-state index contributed by atoms with van der Waals surface area (Å²) in [6, 6.07) is 9.25. The van der Waals surface area contributed by atoms with Crippen molar-refractivity contribution in [3.8, 4) is 6.07 Å². The molecule has 2 heterocycles. The molecule has 2 aliphatic heterocycles. The van der Waals surface area contributed by atoms with Gasteiger partial charge in [0.1, 0.15) is 17.1 Å². The number of Topliss-reactive ketones (excluding diaryl/α,β-unsaturated/α-hetero) is 1. The Labute approximate surface area is 151 Å². The summed E-state index contributed by atoms with van der Waals surface area (Å²) in [5.74, 6) is -1.59. The van der Waals surface area contributed by atoms with Crippen molar-refractivity contribution in [3.05, 3.63) is 41.2 Å². The summed E-state index contributed by atoms with van der Waals surface area (Å²) < 4.78 is 5.63. The van der Waals surface area contributed by atoms with E-state index in [1.54, 1.807) is 25.2 Å². The zero-order valence-corrected chi connectivity index (χ0v) is 14.9. The van der Waals surface area contributed by atoms with Gasteiger partial charge in [-0.25, -0.2) is 0 Å². The van der Waals surface area contributed by atoms with Crippen LogP contribution in [0.4, 0.5) is 5.69 Å². The number of ether oxygens (including phenoxy) is 1. The Balaban J connectivity index is 2.10. The first-order valence-corrected chi connectivity index (χ1v) is 8.54. The molecule has 3 aliphatic rings. The van der Waals surface area contributed by atoms with E-state index in [0.29, 0.717) is 23.4 Å². The maximum absolute atomic E-state index is 13.5. The molecule has 0 fully saturated rings. The standard InChI is InChI=1S/C20H19N3O3/c1-19(2)8-14(24)16-15(9-19)26-17(22)12(10-21)20(16)11-6-4-5-7-13(11)23(3)18(20)25/h4-7,12,22H,8-9H2,1-3H3/t12?,20-/m0/s1. The quantitative estimate of drug-likeness (QED) is 0.779. The molecule has 1 unspecified atom stereocenters. The molecule has 26 heavy (non-hydrogen) atoms. The van der Waals surface area contributed by atoms with Crippen LogP contribution < -0.4 is 4.90 Å². The maximum Gasteiger partial charge on any atom is 0.244 e. The molecule has 0 aromatic heterocycles. The van der Waals surface area contributed by atoms with Crippen LogP contribution in [0.3, 0.4) is 0 Å². The van der Waals surface area contributed by atoms with Crippen molar-refractivity contribution in [2.24, 2.45) is 11.3 Å². The number of hydrogen-bond acceptors (Lipinski definition) is 5. The second-order valence-electron chi connectivity index (χ2n) is 7.96. The van der Waals surface area contributed by atoms with E-state index >= 15 is 0 Å². The van der Waals surface area contributed by atoms with Crippen LogP contribution in [0.25, 0.3) is 0 Å². The van der Waals surface area contributed by atoms with E-state index in [2.05, 4.69) is 6.07 Å². The average Bonchev–Trinajstić information content (AvgIpc) is 2.77. The minimum absolute atomic E-state index is 0.178. The van der Waals surface area contributed by atoms with Crippen LogP contribution in [0.2, 0.25) is 0 Å². The Morgan fingerprint density at radius 1 is 1.27 bits per heavy atom. The minimum Gasteiger partial charge on any atom is -0.446 e. The molecule has 0 saturated carbocycles. The molecule has 0 radical (unpaired) electrons. The number of carbonyl (C=O) groups is 2. The average molecular weight is 349 g/mol. The molecular weight excluding hydrogens is 330 g/mol. The second-order valence-corrected chi connectivity index (χ2v) is 7.96. The van der Waals surface area contributed by atoms with E-state index in [4.69, 9.17) is 10.1 Å². The van der Waals surface area contributed by atoms with Crippen LogP contribution in [0.1, 0.15) is 32.3 Å². The maximum atomic E-state index is 13.5. The number of para-hydroxylation sites is 1. The second kappa shape index (κ2) is 5.04. The van der Waals surface area contributed by atoms with Gasteiger partial charge < -0.3 is 9.64 Å². The Hall–Kier alpha value is -2.94. The summed E-state index contributed by atoms with van der Waals surface area (Å²) in [6.07, 6.45) is 0.733. The first kappa shape index (κ1) is 16.5. The summed E-state index contributed by atoms with van der Waals surface area (Å²) in [5.41, 5.74) is -0.270. The molecule has 0 bridgehead atoms. The number of carbonyl (C=O) groups excluding carboxylic acids is 2. The third kappa shape index (κ3) is 1.83. The molecular formula is C20H19N3O3. The molecule has 1 aliphatic carbocycles. The third-order valence-electron chi connectivity index (χ3n) is 5.62. The predicted octanol–water partition coefficient (Wildman–Crippen LogP) is 2.69. The van der Waals surface area contributed by atoms with Crippen LogP contribution in [0.15, 0.2) is 35.6 Å². The van der Waals surface area contributed by atoms with Crippen molar-refractivity contribution >= 4 is 23.3 Å². The number of hydrogen-bond donors (Lipinski definition) is 1. The molecule has 1 aromatic rings. The number of fused-ring (bicyclic) bond motifs is 3. The van der Waals surface area contributed by atoms with E-state index in [9.17, 15) is 14.9 Å².